The second-order valence-corrected chi connectivity index (χ2v) is 8.31. The largest absolute Gasteiger partial charge is 0.478 e. The van der Waals surface area contributed by atoms with Crippen molar-refractivity contribution in [1.29, 1.82) is 0 Å². The second kappa shape index (κ2) is 11.2. The normalized spacial score (nSPS) is 11.6. The molecule has 0 fully saturated rings. The number of aromatic carboxylic acids is 1. The molecule has 176 valence electrons. The number of halogens is 2. The molecule has 0 spiro atoms. The number of benzene rings is 2. The monoisotopic (exact) mass is 455 g/mol. The smallest absolute Gasteiger partial charge is 0.336 e. The minimum absolute atomic E-state index is 0.236. The molecular formula is C26H31F2N3O2. The lowest BCUT2D eigenvalue weighted by Crippen LogP contribution is -2.16. The first kappa shape index (κ1) is 24.6. The van der Waals surface area contributed by atoms with Crippen molar-refractivity contribution in [2.24, 2.45) is 0 Å². The van der Waals surface area contributed by atoms with Crippen LogP contribution in [0.4, 0.5) is 8.78 Å². The van der Waals surface area contributed by atoms with Gasteiger partial charge in [-0.1, -0.05) is 75.6 Å². The number of hydrogen-bond donors (Lipinski definition) is 1. The lowest BCUT2D eigenvalue weighted by Gasteiger charge is -2.11. The van der Waals surface area contributed by atoms with Crippen molar-refractivity contribution in [3.05, 3.63) is 71.3 Å². The van der Waals surface area contributed by atoms with Crippen LogP contribution in [0, 0.1) is 0 Å². The Morgan fingerprint density at radius 2 is 1.70 bits per heavy atom. The van der Waals surface area contributed by atoms with Gasteiger partial charge in [-0.2, -0.15) is 8.78 Å². The number of aromatic nitrogens is 3. The minimum Gasteiger partial charge on any atom is -0.478 e. The SMILES string of the molecule is CCCCCn1nc(C(F)(F)CCCC)nc1Cc1ccc(-c2ccccc2C(=O)O)cc1. The summed E-state index contributed by atoms with van der Waals surface area (Å²) < 4.78 is 30.9. The lowest BCUT2D eigenvalue weighted by molar-refractivity contribution is -0.0246. The van der Waals surface area contributed by atoms with E-state index in [1.54, 1.807) is 28.9 Å². The molecular weight excluding hydrogens is 424 g/mol. The number of hydrogen-bond acceptors (Lipinski definition) is 3. The predicted molar refractivity (Wildman–Crippen MR) is 125 cm³/mol. The van der Waals surface area contributed by atoms with Gasteiger partial charge in [0.05, 0.1) is 5.56 Å². The van der Waals surface area contributed by atoms with E-state index in [1.807, 2.05) is 31.2 Å². The molecule has 3 rings (SSSR count). The van der Waals surface area contributed by atoms with Gasteiger partial charge < -0.3 is 5.11 Å². The van der Waals surface area contributed by atoms with E-state index in [4.69, 9.17) is 0 Å². The van der Waals surface area contributed by atoms with E-state index in [0.717, 1.165) is 30.4 Å². The summed E-state index contributed by atoms with van der Waals surface area (Å²) in [5.41, 5.74) is 2.56. The molecule has 1 heterocycles. The van der Waals surface area contributed by atoms with Crippen LogP contribution in [0.2, 0.25) is 0 Å². The maximum Gasteiger partial charge on any atom is 0.336 e. The fraction of sp³-hybridized carbons (Fsp3) is 0.423. The second-order valence-electron chi connectivity index (χ2n) is 8.31. The zero-order valence-corrected chi connectivity index (χ0v) is 19.2. The highest BCUT2D eigenvalue weighted by Gasteiger charge is 2.36. The molecule has 0 aliphatic carbocycles. The topological polar surface area (TPSA) is 68.0 Å². The summed E-state index contributed by atoms with van der Waals surface area (Å²) in [6.07, 6.45) is 4.13. The maximum atomic E-state index is 14.6. The van der Waals surface area contributed by atoms with Gasteiger partial charge in [0.15, 0.2) is 0 Å². The van der Waals surface area contributed by atoms with E-state index < -0.39 is 17.7 Å². The van der Waals surface area contributed by atoms with Crippen LogP contribution in [-0.2, 0) is 18.9 Å². The van der Waals surface area contributed by atoms with Crippen LogP contribution < -0.4 is 0 Å². The Morgan fingerprint density at radius 1 is 1.00 bits per heavy atom. The third-order valence-electron chi connectivity index (χ3n) is 5.68. The number of carboxylic acid groups (broad SMARTS) is 1. The average Bonchev–Trinajstić information content (AvgIpc) is 3.22. The number of carboxylic acids is 1. The summed E-state index contributed by atoms with van der Waals surface area (Å²) in [4.78, 5) is 15.8. The standard InChI is InChI=1S/C26H31F2N3O2/c1-3-5-9-17-31-23(29-25(30-31)26(27,28)16-6-4-2)18-19-12-14-20(15-13-19)21-10-7-8-11-22(21)24(32)33/h7-8,10-15H,3-6,9,16-18H2,1-2H3,(H,32,33). The summed E-state index contributed by atoms with van der Waals surface area (Å²) in [5.74, 6) is -3.89. The third-order valence-corrected chi connectivity index (χ3v) is 5.68. The number of nitrogens with zero attached hydrogens (tertiary/aromatic N) is 3. The Labute approximate surface area is 193 Å². The van der Waals surface area contributed by atoms with Gasteiger partial charge in [-0.15, -0.1) is 5.10 Å². The van der Waals surface area contributed by atoms with Gasteiger partial charge in [-0.25, -0.2) is 14.5 Å². The van der Waals surface area contributed by atoms with Gasteiger partial charge in [0.2, 0.25) is 5.82 Å². The summed E-state index contributed by atoms with van der Waals surface area (Å²) in [7, 11) is 0. The number of alkyl halides is 2. The highest BCUT2D eigenvalue weighted by molar-refractivity contribution is 5.95. The molecule has 0 bridgehead atoms. The van der Waals surface area contributed by atoms with Gasteiger partial charge in [0, 0.05) is 19.4 Å². The molecule has 0 radical (unpaired) electrons. The highest BCUT2D eigenvalue weighted by Crippen LogP contribution is 2.32. The van der Waals surface area contributed by atoms with Crippen molar-refractivity contribution in [2.75, 3.05) is 0 Å². The quantitative estimate of drug-likeness (QED) is 0.308. The van der Waals surface area contributed by atoms with E-state index in [9.17, 15) is 18.7 Å². The third kappa shape index (κ3) is 6.24. The fourth-order valence-electron chi connectivity index (χ4n) is 3.77. The Hall–Kier alpha value is -3.09. The van der Waals surface area contributed by atoms with Crippen LogP contribution in [-0.4, -0.2) is 25.8 Å². The van der Waals surface area contributed by atoms with Gasteiger partial charge in [0.1, 0.15) is 5.82 Å². The van der Waals surface area contributed by atoms with E-state index in [2.05, 4.69) is 17.0 Å². The van der Waals surface area contributed by atoms with Gasteiger partial charge >= 0.3 is 11.9 Å². The number of carbonyl (C=O) groups is 1. The lowest BCUT2D eigenvalue weighted by atomic mass is 9.98. The summed E-state index contributed by atoms with van der Waals surface area (Å²) in [6.45, 7) is 4.54. The van der Waals surface area contributed by atoms with Crippen molar-refractivity contribution in [2.45, 2.75) is 71.3 Å². The summed E-state index contributed by atoms with van der Waals surface area (Å²) >= 11 is 0. The van der Waals surface area contributed by atoms with Crippen molar-refractivity contribution < 1.29 is 18.7 Å². The van der Waals surface area contributed by atoms with E-state index in [0.29, 0.717) is 37.2 Å². The van der Waals surface area contributed by atoms with E-state index in [1.165, 1.54) is 0 Å². The Morgan fingerprint density at radius 3 is 2.36 bits per heavy atom. The van der Waals surface area contributed by atoms with Crippen molar-refractivity contribution >= 4 is 5.97 Å². The number of rotatable bonds is 12. The fourth-order valence-corrected chi connectivity index (χ4v) is 3.77. The zero-order chi connectivity index (χ0) is 23.8. The Balaban J connectivity index is 1.85. The van der Waals surface area contributed by atoms with Crippen molar-refractivity contribution in [1.82, 2.24) is 14.8 Å². The Bertz CT molecular complexity index is 1060. The van der Waals surface area contributed by atoms with Gasteiger partial charge in [-0.3, -0.25) is 0 Å². The van der Waals surface area contributed by atoms with Crippen LogP contribution in [0.15, 0.2) is 48.5 Å². The van der Waals surface area contributed by atoms with Crippen molar-refractivity contribution in [3.8, 4) is 11.1 Å². The molecule has 0 unspecified atom stereocenters. The molecule has 0 aliphatic heterocycles. The molecule has 1 N–H and O–H groups in total. The number of aryl methyl sites for hydroxylation is 1. The molecule has 3 aromatic rings. The molecule has 0 amide bonds. The van der Waals surface area contributed by atoms with Gasteiger partial charge in [0.25, 0.3) is 0 Å². The first-order valence-electron chi connectivity index (χ1n) is 11.6. The molecule has 0 atom stereocenters. The zero-order valence-electron chi connectivity index (χ0n) is 19.2. The maximum absolute atomic E-state index is 14.6. The van der Waals surface area contributed by atoms with Crippen molar-refractivity contribution in [3.63, 3.8) is 0 Å². The Kier molecular flexibility index (Phi) is 8.31. The van der Waals surface area contributed by atoms with Crippen LogP contribution in [0.25, 0.3) is 11.1 Å². The minimum atomic E-state index is -3.04. The van der Waals surface area contributed by atoms with E-state index in [-0.39, 0.29) is 12.0 Å². The average molecular weight is 456 g/mol. The molecule has 7 heteroatoms. The highest BCUT2D eigenvalue weighted by atomic mass is 19.3. The molecule has 0 saturated carbocycles. The van der Waals surface area contributed by atoms with Crippen LogP contribution in [0.1, 0.15) is 79.9 Å². The molecule has 0 aliphatic rings. The molecule has 2 aromatic carbocycles. The summed E-state index contributed by atoms with van der Waals surface area (Å²) in [5, 5.41) is 13.6. The molecule has 5 nitrogen and oxygen atoms in total. The van der Waals surface area contributed by atoms with Crippen LogP contribution in [0.5, 0.6) is 0 Å². The summed E-state index contributed by atoms with van der Waals surface area (Å²) in [6, 6.07) is 14.3. The molecule has 0 saturated heterocycles. The van der Waals surface area contributed by atoms with E-state index >= 15 is 0 Å². The van der Waals surface area contributed by atoms with Gasteiger partial charge in [-0.05, 0) is 35.6 Å². The molecule has 33 heavy (non-hydrogen) atoms. The number of unbranched alkanes of at least 4 members (excludes halogenated alkanes) is 3. The van der Waals surface area contributed by atoms with Crippen LogP contribution >= 0.6 is 0 Å². The first-order chi connectivity index (χ1) is 15.9. The predicted octanol–water partition coefficient (Wildman–Crippen LogP) is 6.71. The molecule has 1 aromatic heterocycles. The first-order valence-corrected chi connectivity index (χ1v) is 11.6. The van der Waals surface area contributed by atoms with Crippen LogP contribution in [0.3, 0.4) is 0 Å².